The predicted octanol–water partition coefficient (Wildman–Crippen LogP) is 16.0. The molecule has 0 saturated heterocycles. The molecule has 8 rings (SSSR count). The van der Waals surface area contributed by atoms with E-state index in [9.17, 15) is 19.8 Å². The van der Waals surface area contributed by atoms with Crippen LogP contribution in [0.4, 0.5) is 0 Å². The van der Waals surface area contributed by atoms with E-state index in [0.29, 0.717) is 29.5 Å². The Hall–Kier alpha value is -5.80. The van der Waals surface area contributed by atoms with Gasteiger partial charge in [0.15, 0.2) is 0 Å². The number of carboxylic acid groups (broad SMARTS) is 1. The molecule has 4 aromatic carbocycles. The Morgan fingerprint density at radius 2 is 0.986 bits per heavy atom. The molecule has 0 spiro atoms. The molecule has 2 aromatic heterocycles. The summed E-state index contributed by atoms with van der Waals surface area (Å²) in [6.45, 7) is 21.5. The zero-order valence-electron chi connectivity index (χ0n) is 44.8. The number of carbonyl (C=O) groups excluding carboxylic acids is 1. The van der Waals surface area contributed by atoms with Crippen LogP contribution in [-0.4, -0.2) is 38.7 Å². The number of hydrogen-bond donors (Lipinski definition) is 2. The van der Waals surface area contributed by atoms with Crippen LogP contribution in [0.1, 0.15) is 194 Å². The van der Waals surface area contributed by atoms with Crippen molar-refractivity contribution in [1.82, 2.24) is 9.97 Å². The Kier molecular flexibility index (Phi) is 19.7. The van der Waals surface area contributed by atoms with Crippen molar-refractivity contribution >= 4 is 27.9 Å². The fourth-order valence-corrected chi connectivity index (χ4v) is 11.6. The van der Waals surface area contributed by atoms with Crippen molar-refractivity contribution in [2.75, 3.05) is 6.61 Å². The molecule has 2 unspecified atom stereocenters. The van der Waals surface area contributed by atoms with Crippen LogP contribution in [0, 0.1) is 0 Å². The quantitative estimate of drug-likeness (QED) is 0.0685. The standard InChI is InChI=1S/C31H37NO3.C17H25Br.C16H17NO3/c1-5-31(6-2)16-15-30(3,4)28-19-22(7-12-27(28)31)21-35-25-10-8-23(9-11-25)26(20-29(33)34)24-13-17-32-18-14-24;1-5-17(6-2)10-9-16(3,4)15-11-13(12-18)7-8-14(15)17;1-2-20-16(19)11-15(13-7-9-17-10-8-13)12-3-5-14(18)6-4-12/h7-14,17-19,26H,5-6,15-16,20-21H2,1-4H3,(H,33,34);7-8,11H,5-6,9-10,12H2,1-4H3;3-10,15,18H,2,11H2,1H3. The molecule has 2 aliphatic rings. The molecule has 2 heterocycles. The first kappa shape index (κ1) is 56.5. The van der Waals surface area contributed by atoms with E-state index in [1.54, 1.807) is 55.0 Å². The van der Waals surface area contributed by atoms with Crippen LogP contribution in [0.3, 0.4) is 0 Å². The highest BCUT2D eigenvalue weighted by Crippen LogP contribution is 2.51. The lowest BCUT2D eigenvalue weighted by Crippen LogP contribution is -2.37. The van der Waals surface area contributed by atoms with Crippen LogP contribution in [0.25, 0.3) is 0 Å². The molecule has 388 valence electrons. The van der Waals surface area contributed by atoms with Crippen molar-refractivity contribution in [3.63, 3.8) is 0 Å². The number of pyridine rings is 2. The van der Waals surface area contributed by atoms with Crippen molar-refractivity contribution in [3.05, 3.63) is 190 Å². The van der Waals surface area contributed by atoms with Crippen LogP contribution < -0.4 is 4.74 Å². The topological polar surface area (TPSA) is 119 Å². The fourth-order valence-electron chi connectivity index (χ4n) is 11.3. The van der Waals surface area contributed by atoms with Crippen molar-refractivity contribution < 1.29 is 29.3 Å². The van der Waals surface area contributed by atoms with Gasteiger partial charge < -0.3 is 19.7 Å². The molecule has 0 radical (unpaired) electrons. The second-order valence-electron chi connectivity index (χ2n) is 21.4. The van der Waals surface area contributed by atoms with Gasteiger partial charge in [-0.2, -0.15) is 0 Å². The first-order chi connectivity index (χ1) is 35.0. The average molecular weight is 1050 g/mol. The molecule has 2 atom stereocenters. The lowest BCUT2D eigenvalue weighted by molar-refractivity contribution is -0.143. The Morgan fingerprint density at radius 3 is 1.42 bits per heavy atom. The van der Waals surface area contributed by atoms with Crippen LogP contribution in [0.2, 0.25) is 0 Å². The first-order valence-electron chi connectivity index (χ1n) is 26.5. The fraction of sp³-hybridized carbons (Fsp3) is 0.438. The molecule has 0 amide bonds. The number of carboxylic acids is 1. The molecule has 2 N–H and O–H groups in total. The van der Waals surface area contributed by atoms with Gasteiger partial charge in [0.1, 0.15) is 18.1 Å². The Bertz CT molecular complexity index is 2690. The van der Waals surface area contributed by atoms with E-state index in [4.69, 9.17) is 9.47 Å². The maximum atomic E-state index is 11.8. The monoisotopic (exact) mass is 1050 g/mol. The molecule has 8 nitrogen and oxygen atoms in total. The number of rotatable bonds is 17. The number of fused-ring (bicyclic) bond motifs is 2. The van der Waals surface area contributed by atoms with Crippen molar-refractivity contribution in [2.24, 2.45) is 0 Å². The number of nitrogens with zero attached hydrogens (tertiary/aromatic N) is 2. The highest BCUT2D eigenvalue weighted by atomic mass is 79.9. The van der Waals surface area contributed by atoms with Gasteiger partial charge in [-0.3, -0.25) is 19.6 Å². The molecule has 73 heavy (non-hydrogen) atoms. The SMILES string of the molecule is CCC1(CC)CCC(C)(C)c2cc(CBr)ccc21.CCC1(CC)CCC(C)(C)c2cc(COc3ccc(C(CC(=O)O)c4ccncc4)cc3)ccc21.CCOC(=O)CC(c1ccncc1)c1ccc(O)cc1. The minimum atomic E-state index is -0.822. The van der Waals surface area contributed by atoms with Gasteiger partial charge in [-0.15, -0.1) is 0 Å². The summed E-state index contributed by atoms with van der Waals surface area (Å²) in [5.74, 6) is -0.383. The van der Waals surface area contributed by atoms with Crippen molar-refractivity contribution in [3.8, 4) is 11.5 Å². The number of phenols is 1. The molecule has 0 saturated carbocycles. The maximum absolute atomic E-state index is 11.8. The molecular weight excluding hydrogens is 973 g/mol. The molecule has 0 aliphatic heterocycles. The summed E-state index contributed by atoms with van der Waals surface area (Å²) in [6.07, 6.45) is 17.1. The van der Waals surface area contributed by atoms with Gasteiger partial charge in [0.2, 0.25) is 0 Å². The number of carbonyl (C=O) groups is 2. The van der Waals surface area contributed by atoms with Crippen LogP contribution in [0.15, 0.2) is 134 Å². The van der Waals surface area contributed by atoms with E-state index in [2.05, 4.69) is 118 Å². The predicted molar refractivity (Wildman–Crippen MR) is 299 cm³/mol. The summed E-state index contributed by atoms with van der Waals surface area (Å²) >= 11 is 3.59. The van der Waals surface area contributed by atoms with Gasteiger partial charge >= 0.3 is 11.9 Å². The average Bonchev–Trinajstić information content (AvgIpc) is 3.41. The minimum absolute atomic E-state index is 0.0339. The summed E-state index contributed by atoms with van der Waals surface area (Å²) in [5, 5.41) is 19.7. The van der Waals surface area contributed by atoms with Crippen LogP contribution >= 0.6 is 15.9 Å². The van der Waals surface area contributed by atoms with E-state index in [-0.39, 0.29) is 41.8 Å². The number of aliphatic carboxylic acids is 1. The molecule has 0 bridgehead atoms. The molecule has 2 aliphatic carbocycles. The molecule has 6 aromatic rings. The van der Waals surface area contributed by atoms with Crippen LogP contribution in [-0.2, 0) is 47.9 Å². The summed E-state index contributed by atoms with van der Waals surface area (Å²) in [7, 11) is 0. The van der Waals surface area contributed by atoms with E-state index in [1.165, 1.54) is 73.6 Å². The third kappa shape index (κ3) is 13.9. The highest BCUT2D eigenvalue weighted by molar-refractivity contribution is 9.08. The molecular formula is C64H79BrN2O6. The summed E-state index contributed by atoms with van der Waals surface area (Å²) in [6, 6.07) is 36.3. The third-order valence-electron chi connectivity index (χ3n) is 16.3. The summed E-state index contributed by atoms with van der Waals surface area (Å²) < 4.78 is 11.2. The van der Waals surface area contributed by atoms with E-state index in [1.807, 2.05) is 60.7 Å². The Balaban J connectivity index is 0.000000194. The van der Waals surface area contributed by atoms with Gasteiger partial charge in [-0.1, -0.05) is 132 Å². The van der Waals surface area contributed by atoms with Gasteiger partial charge in [0.25, 0.3) is 0 Å². The van der Waals surface area contributed by atoms with Crippen LogP contribution in [0.5, 0.6) is 11.5 Å². The Labute approximate surface area is 444 Å². The normalized spacial score (nSPS) is 16.4. The number of aromatic hydroxyl groups is 1. The second kappa shape index (κ2) is 25.4. The van der Waals surface area contributed by atoms with Crippen molar-refractivity contribution in [1.29, 1.82) is 0 Å². The van der Waals surface area contributed by atoms with E-state index < -0.39 is 5.97 Å². The van der Waals surface area contributed by atoms with Gasteiger partial charge in [-0.05, 0) is 184 Å². The van der Waals surface area contributed by atoms with Crippen molar-refractivity contribution in [2.45, 2.75) is 172 Å². The number of ether oxygens (including phenoxy) is 2. The number of esters is 1. The lowest BCUT2D eigenvalue weighted by Gasteiger charge is -2.45. The van der Waals surface area contributed by atoms with Gasteiger partial charge in [-0.25, -0.2) is 0 Å². The number of phenolic OH excluding ortho intramolecular Hbond substituents is 1. The van der Waals surface area contributed by atoms with E-state index >= 15 is 0 Å². The largest absolute Gasteiger partial charge is 0.508 e. The van der Waals surface area contributed by atoms with Gasteiger partial charge in [0, 0.05) is 42.0 Å². The van der Waals surface area contributed by atoms with Gasteiger partial charge in [0.05, 0.1) is 19.4 Å². The minimum Gasteiger partial charge on any atom is -0.508 e. The van der Waals surface area contributed by atoms with E-state index in [0.717, 1.165) is 33.3 Å². The summed E-state index contributed by atoms with van der Waals surface area (Å²) in [4.78, 5) is 31.3. The Morgan fingerprint density at radius 1 is 0.562 bits per heavy atom. The maximum Gasteiger partial charge on any atom is 0.306 e. The summed E-state index contributed by atoms with van der Waals surface area (Å²) in [5.41, 5.74) is 13.9. The third-order valence-corrected chi connectivity index (χ3v) is 17.0. The first-order valence-corrected chi connectivity index (χ1v) is 27.6. The number of aromatic nitrogens is 2. The number of halogens is 1. The molecule has 0 fully saturated rings. The zero-order chi connectivity index (χ0) is 52.8. The number of benzene rings is 4. The molecule has 9 heteroatoms. The zero-order valence-corrected chi connectivity index (χ0v) is 46.4. The lowest BCUT2D eigenvalue weighted by atomic mass is 9.59. The number of alkyl halides is 1. The highest BCUT2D eigenvalue weighted by Gasteiger charge is 2.42. The second-order valence-corrected chi connectivity index (χ2v) is 21.9. The number of hydrogen-bond acceptors (Lipinski definition) is 7. The smallest absolute Gasteiger partial charge is 0.306 e.